The predicted octanol–water partition coefficient (Wildman–Crippen LogP) is 15.1. The largest absolute Gasteiger partial charge is 0.456 e. The molecule has 0 aliphatic rings. The highest BCUT2D eigenvalue weighted by molar-refractivity contribution is 7.25. The smallest absolute Gasteiger partial charge is 0.136 e. The first-order valence-corrected chi connectivity index (χ1v) is 18.8. The molecule has 2 nitrogen and oxygen atoms in total. The lowest BCUT2D eigenvalue weighted by atomic mass is 9.94. The van der Waals surface area contributed by atoms with Crippen molar-refractivity contribution in [2.24, 2.45) is 0 Å². The number of hydrogen-bond donors (Lipinski definition) is 0. The number of fused-ring (bicyclic) bond motifs is 9. The molecule has 0 fully saturated rings. The molecular weight excluding hydrogens is 663 g/mol. The maximum Gasteiger partial charge on any atom is 0.136 e. The summed E-state index contributed by atoms with van der Waals surface area (Å²) < 4.78 is 9.02. The Bertz CT molecular complexity index is 3160. The van der Waals surface area contributed by atoms with Crippen molar-refractivity contribution in [3.63, 3.8) is 0 Å². The summed E-state index contributed by atoms with van der Waals surface area (Å²) in [6.45, 7) is 0. The van der Waals surface area contributed by atoms with Gasteiger partial charge in [0.2, 0.25) is 0 Å². The lowest BCUT2D eigenvalue weighted by Gasteiger charge is -2.26. The van der Waals surface area contributed by atoms with Gasteiger partial charge in [-0.05, 0) is 104 Å². The third-order valence-electron chi connectivity index (χ3n) is 10.7. The van der Waals surface area contributed by atoms with Crippen molar-refractivity contribution in [2.45, 2.75) is 0 Å². The first kappa shape index (κ1) is 30.0. The standard InChI is InChI=1S/C50H31NOS/c1-2-12-38-32(10-1)11-9-17-39(38)33-20-24-35(25-21-33)51(37-28-29-49-45(30-37)41-14-6-8-19-48(41)53-49)36-26-22-34(23-27-36)44-31-47-50(42-15-4-3-13-40(42)44)43-16-5-7-18-46(43)52-47/h1-31H. The lowest BCUT2D eigenvalue weighted by molar-refractivity contribution is 0.669. The third-order valence-corrected chi connectivity index (χ3v) is 11.8. The van der Waals surface area contributed by atoms with Gasteiger partial charge in [-0.3, -0.25) is 0 Å². The molecule has 3 heteroatoms. The van der Waals surface area contributed by atoms with E-state index < -0.39 is 0 Å². The van der Waals surface area contributed by atoms with Crippen LogP contribution in [0.15, 0.2) is 192 Å². The van der Waals surface area contributed by atoms with E-state index >= 15 is 0 Å². The van der Waals surface area contributed by atoms with Crippen LogP contribution in [0.3, 0.4) is 0 Å². The molecule has 0 N–H and O–H groups in total. The van der Waals surface area contributed by atoms with E-state index in [1.54, 1.807) is 0 Å². The van der Waals surface area contributed by atoms with Crippen molar-refractivity contribution in [3.05, 3.63) is 188 Å². The van der Waals surface area contributed by atoms with E-state index in [1.807, 2.05) is 17.4 Å². The fraction of sp³-hybridized carbons (Fsp3) is 0. The van der Waals surface area contributed by atoms with Gasteiger partial charge in [-0.25, -0.2) is 0 Å². The van der Waals surface area contributed by atoms with E-state index in [0.717, 1.165) is 44.7 Å². The highest BCUT2D eigenvalue weighted by Crippen LogP contribution is 2.44. The van der Waals surface area contributed by atoms with Gasteiger partial charge in [-0.2, -0.15) is 0 Å². The van der Waals surface area contributed by atoms with Gasteiger partial charge in [0.25, 0.3) is 0 Å². The van der Waals surface area contributed by atoms with Gasteiger partial charge in [0.15, 0.2) is 0 Å². The molecule has 9 aromatic carbocycles. The Morgan fingerprint density at radius 3 is 1.74 bits per heavy atom. The Morgan fingerprint density at radius 1 is 0.358 bits per heavy atom. The minimum atomic E-state index is 0.910. The van der Waals surface area contributed by atoms with E-state index in [9.17, 15) is 0 Å². The van der Waals surface area contributed by atoms with Gasteiger partial charge < -0.3 is 9.32 Å². The molecule has 0 unspecified atom stereocenters. The van der Waals surface area contributed by atoms with Crippen molar-refractivity contribution in [1.82, 2.24) is 0 Å². The maximum atomic E-state index is 6.42. The molecule has 0 radical (unpaired) electrons. The van der Waals surface area contributed by atoms with Crippen LogP contribution in [0.1, 0.15) is 0 Å². The molecule has 11 aromatic rings. The fourth-order valence-corrected chi connectivity index (χ4v) is 9.27. The summed E-state index contributed by atoms with van der Waals surface area (Å²) in [4.78, 5) is 2.38. The van der Waals surface area contributed by atoms with E-state index in [0.29, 0.717) is 0 Å². The van der Waals surface area contributed by atoms with Gasteiger partial charge in [-0.15, -0.1) is 11.3 Å². The number of nitrogens with zero attached hydrogens (tertiary/aromatic N) is 1. The summed E-state index contributed by atoms with van der Waals surface area (Å²) >= 11 is 1.85. The van der Waals surface area contributed by atoms with Crippen LogP contribution in [0.5, 0.6) is 0 Å². The molecule has 0 saturated heterocycles. The average Bonchev–Trinajstić information content (AvgIpc) is 3.79. The monoisotopic (exact) mass is 693 g/mol. The number of rotatable bonds is 5. The van der Waals surface area contributed by atoms with Crippen LogP contribution in [-0.2, 0) is 0 Å². The number of thiophene rings is 1. The number of para-hydroxylation sites is 1. The summed E-state index contributed by atoms with van der Waals surface area (Å²) in [5.41, 5.74) is 9.91. The van der Waals surface area contributed by atoms with Crippen LogP contribution in [0, 0.1) is 0 Å². The van der Waals surface area contributed by atoms with Crippen molar-refractivity contribution >= 4 is 92.1 Å². The number of benzene rings is 9. The van der Waals surface area contributed by atoms with Gasteiger partial charge in [0.1, 0.15) is 11.2 Å². The van der Waals surface area contributed by atoms with Crippen LogP contribution in [0.4, 0.5) is 17.1 Å². The zero-order valence-electron chi connectivity index (χ0n) is 28.7. The second-order valence-corrected chi connectivity index (χ2v) is 14.8. The van der Waals surface area contributed by atoms with Crippen molar-refractivity contribution in [2.75, 3.05) is 4.90 Å². The van der Waals surface area contributed by atoms with Crippen LogP contribution in [0.25, 0.3) is 85.9 Å². The second kappa shape index (κ2) is 11.9. The second-order valence-electron chi connectivity index (χ2n) is 13.7. The molecule has 11 rings (SSSR count). The van der Waals surface area contributed by atoms with E-state index in [-0.39, 0.29) is 0 Å². The summed E-state index contributed by atoms with van der Waals surface area (Å²) in [7, 11) is 0. The molecule has 0 amide bonds. The molecule has 2 aromatic heterocycles. The van der Waals surface area contributed by atoms with Crippen molar-refractivity contribution < 1.29 is 4.42 Å². The Morgan fingerprint density at radius 2 is 0.943 bits per heavy atom. The zero-order chi connectivity index (χ0) is 34.9. The van der Waals surface area contributed by atoms with Gasteiger partial charge in [0.05, 0.1) is 0 Å². The number of hydrogen-bond acceptors (Lipinski definition) is 3. The maximum absolute atomic E-state index is 6.42. The molecule has 2 heterocycles. The van der Waals surface area contributed by atoms with E-state index in [4.69, 9.17) is 4.42 Å². The zero-order valence-corrected chi connectivity index (χ0v) is 29.5. The Hall–Kier alpha value is -6.68. The van der Waals surface area contributed by atoms with Crippen LogP contribution in [-0.4, -0.2) is 0 Å². The van der Waals surface area contributed by atoms with Gasteiger partial charge >= 0.3 is 0 Å². The Labute approximate surface area is 310 Å². The topological polar surface area (TPSA) is 16.4 Å². The molecule has 0 spiro atoms. The first-order valence-electron chi connectivity index (χ1n) is 18.0. The summed E-state index contributed by atoms with van der Waals surface area (Å²) in [5.74, 6) is 0. The van der Waals surface area contributed by atoms with Crippen LogP contribution >= 0.6 is 11.3 Å². The van der Waals surface area contributed by atoms with Crippen molar-refractivity contribution in [1.29, 1.82) is 0 Å². The number of furan rings is 1. The molecule has 0 saturated carbocycles. The first-order chi connectivity index (χ1) is 26.3. The Balaban J connectivity index is 1.06. The fourth-order valence-electron chi connectivity index (χ4n) is 8.19. The molecule has 0 atom stereocenters. The molecule has 0 bridgehead atoms. The minimum absolute atomic E-state index is 0.910. The number of anilines is 3. The molecule has 0 aliphatic carbocycles. The lowest BCUT2D eigenvalue weighted by Crippen LogP contribution is -2.09. The SMILES string of the molecule is c1ccc2c(-c3ccc(N(c4ccc(-c5cc6oc7ccccc7c6c6ccccc56)cc4)c4ccc5sc6ccccc6c5c4)cc3)cccc2c1. The average molecular weight is 694 g/mol. The van der Waals surface area contributed by atoms with Crippen LogP contribution in [0.2, 0.25) is 0 Å². The summed E-state index contributed by atoms with van der Waals surface area (Å²) in [6, 6.07) is 68.0. The highest BCUT2D eigenvalue weighted by atomic mass is 32.1. The molecular formula is C50H31NOS. The summed E-state index contributed by atoms with van der Waals surface area (Å²) in [6.07, 6.45) is 0. The van der Waals surface area contributed by atoms with E-state index in [2.05, 4.69) is 187 Å². The van der Waals surface area contributed by atoms with Gasteiger partial charge in [0, 0.05) is 48.0 Å². The Kier molecular flexibility index (Phi) is 6.76. The normalized spacial score (nSPS) is 11.8. The minimum Gasteiger partial charge on any atom is -0.456 e. The van der Waals surface area contributed by atoms with E-state index in [1.165, 1.54) is 58.2 Å². The molecule has 0 aliphatic heterocycles. The third kappa shape index (κ3) is 4.86. The molecule has 53 heavy (non-hydrogen) atoms. The van der Waals surface area contributed by atoms with Crippen LogP contribution < -0.4 is 4.90 Å². The van der Waals surface area contributed by atoms with Gasteiger partial charge in [-0.1, -0.05) is 127 Å². The molecule has 248 valence electrons. The summed E-state index contributed by atoms with van der Waals surface area (Å²) in [5, 5.41) is 9.83. The highest BCUT2D eigenvalue weighted by Gasteiger charge is 2.18. The predicted molar refractivity (Wildman–Crippen MR) is 227 cm³/mol. The van der Waals surface area contributed by atoms with Crippen molar-refractivity contribution in [3.8, 4) is 22.3 Å². The quantitative estimate of drug-likeness (QED) is 0.178.